The van der Waals surface area contributed by atoms with E-state index in [0.29, 0.717) is 0 Å². The molecule has 5 heteroatoms. The third kappa shape index (κ3) is 2.03. The first-order valence-corrected chi connectivity index (χ1v) is 9.77. The molecule has 0 aliphatic heterocycles. The van der Waals surface area contributed by atoms with E-state index in [1.807, 2.05) is 45.2 Å². The quantitative estimate of drug-likeness (QED) is 0.601. The largest absolute Gasteiger partial charge is 0.297 e. The molecule has 0 atom stereocenters. The zero-order valence-corrected chi connectivity index (χ0v) is 16.6. The average molecular weight is 363 g/mol. The van der Waals surface area contributed by atoms with Gasteiger partial charge in [0.15, 0.2) is 11.6 Å². The molecule has 0 saturated carbocycles. The van der Waals surface area contributed by atoms with Gasteiger partial charge in [0.2, 0.25) is 0 Å². The zero-order chi connectivity index (χ0) is 19.3. The third-order valence-corrected chi connectivity index (χ3v) is 6.62. The summed E-state index contributed by atoms with van der Waals surface area (Å²) in [5.74, 6) is 0.337. The molecule has 0 fully saturated rings. The molecule has 5 rings (SSSR count). The van der Waals surface area contributed by atoms with Gasteiger partial charge in [0.25, 0.3) is 0 Å². The highest BCUT2D eigenvalue weighted by Gasteiger charge is 2.41. The van der Waals surface area contributed by atoms with Crippen molar-refractivity contribution in [2.45, 2.75) is 60.3 Å². The highest BCUT2D eigenvalue weighted by molar-refractivity contribution is 6.10. The molecule has 0 amide bonds. The molecule has 140 valence electrons. The number of hydrogen-bond acceptors (Lipinski definition) is 3. The molecular formula is C22H25N3O2. The fourth-order valence-electron chi connectivity index (χ4n) is 4.81. The lowest BCUT2D eigenvalue weighted by atomic mass is 9.74. The van der Waals surface area contributed by atoms with E-state index in [0.717, 1.165) is 65.1 Å². The lowest BCUT2D eigenvalue weighted by molar-refractivity contribution is 0.0804. The van der Waals surface area contributed by atoms with Crippen molar-refractivity contribution in [2.75, 3.05) is 0 Å². The van der Waals surface area contributed by atoms with Gasteiger partial charge >= 0.3 is 0 Å². The summed E-state index contributed by atoms with van der Waals surface area (Å²) in [6, 6.07) is 4.03. The number of carbonyl (C=O) groups is 2. The number of aryl methyl sites for hydroxylation is 3. The van der Waals surface area contributed by atoms with Crippen LogP contribution in [0.25, 0.3) is 11.2 Å². The second-order valence-electron chi connectivity index (χ2n) is 9.53. The van der Waals surface area contributed by atoms with Gasteiger partial charge in [0, 0.05) is 28.2 Å². The van der Waals surface area contributed by atoms with Gasteiger partial charge in [-0.15, -0.1) is 0 Å². The Morgan fingerprint density at radius 1 is 0.926 bits per heavy atom. The van der Waals surface area contributed by atoms with E-state index in [1.54, 1.807) is 0 Å². The van der Waals surface area contributed by atoms with Crippen molar-refractivity contribution >= 4 is 22.7 Å². The molecule has 0 aromatic carbocycles. The molecule has 3 aromatic heterocycles. The van der Waals surface area contributed by atoms with Crippen LogP contribution in [0.4, 0.5) is 0 Å². The Balaban J connectivity index is 1.97. The van der Waals surface area contributed by atoms with Crippen molar-refractivity contribution in [1.29, 1.82) is 0 Å². The summed E-state index contributed by atoms with van der Waals surface area (Å²) in [5, 5.41) is 4.69. The van der Waals surface area contributed by atoms with Crippen molar-refractivity contribution in [2.24, 2.45) is 10.8 Å². The highest BCUT2D eigenvalue weighted by atomic mass is 16.1. The molecule has 27 heavy (non-hydrogen) atoms. The number of hydrogen-bond donors (Lipinski definition) is 0. The Hall–Kier alpha value is -2.43. The van der Waals surface area contributed by atoms with Crippen molar-refractivity contribution in [1.82, 2.24) is 14.0 Å². The first kappa shape index (κ1) is 16.7. The summed E-state index contributed by atoms with van der Waals surface area (Å²) in [6.07, 6.45) is 3.28. The van der Waals surface area contributed by atoms with E-state index in [-0.39, 0.29) is 17.0 Å². The van der Waals surface area contributed by atoms with Crippen LogP contribution >= 0.6 is 0 Å². The summed E-state index contributed by atoms with van der Waals surface area (Å²) in [5.41, 5.74) is 5.55. The van der Waals surface area contributed by atoms with Gasteiger partial charge in [-0.2, -0.15) is 5.10 Å². The lowest BCUT2D eigenvalue weighted by Crippen LogP contribution is -2.33. The van der Waals surface area contributed by atoms with Crippen LogP contribution in [0.3, 0.4) is 0 Å². The Morgan fingerprint density at radius 2 is 1.56 bits per heavy atom. The molecular weight excluding hydrogens is 338 g/mol. The number of carbonyl (C=O) groups excluding carboxylic acids is 2. The van der Waals surface area contributed by atoms with Crippen LogP contribution in [-0.2, 0) is 12.8 Å². The maximum Gasteiger partial charge on any atom is 0.172 e. The Bertz CT molecular complexity index is 1170. The molecule has 3 heterocycles. The van der Waals surface area contributed by atoms with Crippen LogP contribution in [-0.4, -0.2) is 25.6 Å². The van der Waals surface area contributed by atoms with E-state index in [2.05, 4.69) is 10.5 Å². The topological polar surface area (TPSA) is 55.9 Å². The maximum atomic E-state index is 13.4. The Kier molecular flexibility index (Phi) is 3.03. The summed E-state index contributed by atoms with van der Waals surface area (Å²) in [7, 11) is 0. The van der Waals surface area contributed by atoms with E-state index < -0.39 is 5.41 Å². The van der Waals surface area contributed by atoms with E-state index >= 15 is 0 Å². The fraction of sp³-hybridized carbons (Fsp3) is 0.500. The van der Waals surface area contributed by atoms with E-state index in [9.17, 15) is 9.59 Å². The van der Waals surface area contributed by atoms with Gasteiger partial charge < -0.3 is 0 Å². The van der Waals surface area contributed by atoms with Crippen molar-refractivity contribution in [3.05, 3.63) is 40.3 Å². The number of rotatable bonds is 0. The van der Waals surface area contributed by atoms with Gasteiger partial charge in [-0.05, 0) is 38.7 Å². The second kappa shape index (κ2) is 4.89. The van der Waals surface area contributed by atoms with Crippen LogP contribution < -0.4 is 0 Å². The van der Waals surface area contributed by atoms with Crippen molar-refractivity contribution in [3.8, 4) is 0 Å². The predicted molar refractivity (Wildman–Crippen MR) is 104 cm³/mol. The Morgan fingerprint density at radius 3 is 2.26 bits per heavy atom. The molecule has 0 spiro atoms. The smallest absolute Gasteiger partial charge is 0.172 e. The van der Waals surface area contributed by atoms with Gasteiger partial charge in [-0.1, -0.05) is 27.7 Å². The number of fused-ring (bicyclic) bond motifs is 8. The van der Waals surface area contributed by atoms with Crippen LogP contribution in [0.1, 0.15) is 78.3 Å². The third-order valence-electron chi connectivity index (χ3n) is 6.62. The van der Waals surface area contributed by atoms with E-state index in [1.165, 1.54) is 0 Å². The molecule has 0 unspecified atom stereocenters. The van der Waals surface area contributed by atoms with Crippen molar-refractivity contribution < 1.29 is 9.59 Å². The maximum absolute atomic E-state index is 13.4. The molecule has 0 N–H and O–H groups in total. The number of nitrogens with zero attached hydrogens (tertiary/aromatic N) is 3. The molecule has 2 aliphatic rings. The molecule has 0 saturated heterocycles. The molecule has 0 bridgehead atoms. The monoisotopic (exact) mass is 363 g/mol. The highest BCUT2D eigenvalue weighted by Crippen LogP contribution is 2.42. The van der Waals surface area contributed by atoms with Crippen molar-refractivity contribution in [3.63, 3.8) is 0 Å². The summed E-state index contributed by atoms with van der Waals surface area (Å²) in [4.78, 5) is 26.5. The first-order chi connectivity index (χ1) is 12.6. The number of Topliss-reactive ketones (excluding diaryl/α,β-unsaturated/α-hetero) is 2. The second-order valence-corrected chi connectivity index (χ2v) is 9.53. The first-order valence-electron chi connectivity index (χ1n) is 9.77. The van der Waals surface area contributed by atoms with Gasteiger partial charge in [-0.25, -0.2) is 4.52 Å². The SMILES string of the molecule is Cc1cc2n(n1)c1c(c3cc4c(n32)CCC(C)(C)C4=O)C(=O)C(C)(C)CC1. The average Bonchev–Trinajstić information content (AvgIpc) is 3.15. The summed E-state index contributed by atoms with van der Waals surface area (Å²) in [6.45, 7) is 10.0. The number of aromatic nitrogens is 3. The minimum Gasteiger partial charge on any atom is -0.297 e. The molecule has 5 nitrogen and oxygen atoms in total. The van der Waals surface area contributed by atoms with Crippen LogP contribution in [0.5, 0.6) is 0 Å². The minimum atomic E-state index is -0.391. The van der Waals surface area contributed by atoms with Gasteiger partial charge in [-0.3, -0.25) is 14.0 Å². The molecule has 0 radical (unpaired) electrons. The number of ketones is 2. The van der Waals surface area contributed by atoms with Crippen LogP contribution in [0.15, 0.2) is 12.1 Å². The zero-order valence-electron chi connectivity index (χ0n) is 16.6. The molecule has 2 aliphatic carbocycles. The predicted octanol–water partition coefficient (Wildman–Crippen LogP) is 4.21. The Labute approximate surface area is 158 Å². The normalized spacial score (nSPS) is 20.9. The van der Waals surface area contributed by atoms with Crippen LogP contribution in [0, 0.1) is 17.8 Å². The minimum absolute atomic E-state index is 0.158. The van der Waals surface area contributed by atoms with Gasteiger partial charge in [0.1, 0.15) is 5.65 Å². The standard InChI is InChI=1S/C22H25N3O2/c1-12-10-17-24-14-6-8-21(2,3)19(26)13(14)11-16(24)18-15(25(17)23-12)7-9-22(4,5)20(18)27/h10-11H,6-9H2,1-5H3. The summed E-state index contributed by atoms with van der Waals surface area (Å²) >= 11 is 0. The van der Waals surface area contributed by atoms with Gasteiger partial charge in [0.05, 0.1) is 22.5 Å². The van der Waals surface area contributed by atoms with Crippen LogP contribution in [0.2, 0.25) is 0 Å². The molecule has 3 aromatic rings. The van der Waals surface area contributed by atoms with E-state index in [4.69, 9.17) is 5.10 Å². The fourth-order valence-corrected chi connectivity index (χ4v) is 4.81. The lowest BCUT2D eigenvalue weighted by Gasteiger charge is -2.31. The summed E-state index contributed by atoms with van der Waals surface area (Å²) < 4.78 is 4.07.